The fraction of sp³-hybridized carbons (Fsp3) is 0.222. The maximum atomic E-state index is 13.2. The second-order valence-electron chi connectivity index (χ2n) is 8.92. The summed E-state index contributed by atoms with van der Waals surface area (Å²) >= 11 is 7.43. The molecule has 4 aromatic rings. The van der Waals surface area contributed by atoms with Gasteiger partial charge in [-0.3, -0.25) is 25.2 Å². The normalized spacial score (nSPS) is 13.8. The molecule has 9 nitrogen and oxygen atoms in total. The van der Waals surface area contributed by atoms with Crippen LogP contribution in [0.2, 0.25) is 5.02 Å². The Hall–Kier alpha value is -4.02. The highest BCUT2D eigenvalue weighted by Gasteiger charge is 2.28. The van der Waals surface area contributed by atoms with Gasteiger partial charge in [-0.25, -0.2) is 9.67 Å². The second kappa shape index (κ2) is 11.2. The van der Waals surface area contributed by atoms with E-state index in [1.54, 1.807) is 40.5 Å². The van der Waals surface area contributed by atoms with Gasteiger partial charge in [0.15, 0.2) is 0 Å². The molecule has 0 radical (unpaired) electrons. The van der Waals surface area contributed by atoms with Crippen molar-refractivity contribution in [2.45, 2.75) is 25.7 Å². The van der Waals surface area contributed by atoms with Gasteiger partial charge in [0.05, 0.1) is 38.7 Å². The molecule has 3 heterocycles. The molecule has 3 amide bonds. The van der Waals surface area contributed by atoms with Crippen LogP contribution in [-0.2, 0) is 0 Å². The van der Waals surface area contributed by atoms with E-state index >= 15 is 0 Å². The lowest BCUT2D eigenvalue weighted by Crippen LogP contribution is -2.42. The van der Waals surface area contributed by atoms with E-state index in [2.05, 4.69) is 20.9 Å². The highest BCUT2D eigenvalue weighted by atomic mass is 35.5. The standard InChI is InChI=1S/C27H25ClN6O3S/c1-17-21(15-29-34(17)19-7-3-2-4-8-19)27(37)33-13-11-18(12-14-33)26-30-23(16-38-26)25(36)32-31-24(35)20-9-5-6-10-22(20)28/h2-10,15-16,18H,11-14H2,1H3,(H,31,35)(H,32,36). The van der Waals surface area contributed by atoms with E-state index in [0.717, 1.165) is 29.2 Å². The molecule has 1 fully saturated rings. The predicted octanol–water partition coefficient (Wildman–Crippen LogP) is 4.39. The van der Waals surface area contributed by atoms with E-state index in [9.17, 15) is 14.4 Å². The van der Waals surface area contributed by atoms with E-state index in [0.29, 0.717) is 23.7 Å². The second-order valence-corrected chi connectivity index (χ2v) is 10.2. The Kier molecular flexibility index (Phi) is 7.52. The van der Waals surface area contributed by atoms with Gasteiger partial charge >= 0.3 is 0 Å². The van der Waals surface area contributed by atoms with Gasteiger partial charge in [0.2, 0.25) is 0 Å². The largest absolute Gasteiger partial charge is 0.338 e. The summed E-state index contributed by atoms with van der Waals surface area (Å²) in [5, 5.41) is 7.23. The molecule has 0 bridgehead atoms. The van der Waals surface area contributed by atoms with Crippen molar-refractivity contribution in [2.24, 2.45) is 0 Å². The average molecular weight is 549 g/mol. The number of halogens is 1. The third-order valence-corrected chi connectivity index (χ3v) is 7.87. The quantitative estimate of drug-likeness (QED) is 0.360. The number of aromatic nitrogens is 3. The third kappa shape index (κ3) is 5.32. The van der Waals surface area contributed by atoms with Gasteiger partial charge in [-0.05, 0) is 44.0 Å². The van der Waals surface area contributed by atoms with Crippen LogP contribution in [-0.4, -0.2) is 50.5 Å². The lowest BCUT2D eigenvalue weighted by atomic mass is 9.97. The van der Waals surface area contributed by atoms with E-state index in [1.165, 1.54) is 11.3 Å². The molecule has 5 rings (SSSR count). The molecular formula is C27H25ClN6O3S. The summed E-state index contributed by atoms with van der Waals surface area (Å²) < 4.78 is 1.78. The third-order valence-electron chi connectivity index (χ3n) is 6.54. The fourth-order valence-corrected chi connectivity index (χ4v) is 5.61. The molecule has 1 aliphatic heterocycles. The van der Waals surface area contributed by atoms with Crippen molar-refractivity contribution >= 4 is 40.7 Å². The number of para-hydroxylation sites is 1. The monoisotopic (exact) mass is 548 g/mol. The molecule has 1 aliphatic rings. The van der Waals surface area contributed by atoms with Crippen LogP contribution in [0.25, 0.3) is 5.69 Å². The fourth-order valence-electron chi connectivity index (χ4n) is 4.42. The number of hydrogen-bond acceptors (Lipinski definition) is 6. The first-order valence-electron chi connectivity index (χ1n) is 12.1. The molecule has 2 N–H and O–H groups in total. The van der Waals surface area contributed by atoms with Gasteiger partial charge in [0.25, 0.3) is 17.7 Å². The first-order chi connectivity index (χ1) is 18.4. The Morgan fingerprint density at radius 1 is 0.947 bits per heavy atom. The minimum absolute atomic E-state index is 0.0309. The Morgan fingerprint density at radius 2 is 1.63 bits per heavy atom. The smallest absolute Gasteiger partial charge is 0.289 e. The molecular weight excluding hydrogens is 524 g/mol. The summed E-state index contributed by atoms with van der Waals surface area (Å²) in [4.78, 5) is 44.4. The zero-order valence-electron chi connectivity index (χ0n) is 20.6. The molecule has 1 saturated heterocycles. The molecule has 0 spiro atoms. The van der Waals surface area contributed by atoms with Crippen molar-refractivity contribution < 1.29 is 14.4 Å². The zero-order chi connectivity index (χ0) is 26.6. The van der Waals surface area contributed by atoms with E-state index in [-0.39, 0.29) is 23.1 Å². The van der Waals surface area contributed by atoms with Crippen molar-refractivity contribution in [3.05, 3.63) is 98.7 Å². The Labute approximate surface area is 228 Å². The first-order valence-corrected chi connectivity index (χ1v) is 13.4. The number of hydrazine groups is 1. The minimum Gasteiger partial charge on any atom is -0.338 e. The Morgan fingerprint density at radius 3 is 2.37 bits per heavy atom. The summed E-state index contributed by atoms with van der Waals surface area (Å²) in [5.41, 5.74) is 7.56. The topological polar surface area (TPSA) is 109 Å². The van der Waals surface area contributed by atoms with Crippen molar-refractivity contribution in [2.75, 3.05) is 13.1 Å². The first kappa shape index (κ1) is 25.6. The highest BCUT2D eigenvalue weighted by molar-refractivity contribution is 7.09. The molecule has 0 saturated carbocycles. The average Bonchev–Trinajstić information content (AvgIpc) is 3.59. The Bertz CT molecular complexity index is 1480. The number of rotatable bonds is 5. The number of hydrogen-bond donors (Lipinski definition) is 2. The van der Waals surface area contributed by atoms with Gasteiger partial charge < -0.3 is 4.90 Å². The summed E-state index contributed by atoms with van der Waals surface area (Å²) in [5.74, 6) is -0.902. The van der Waals surface area contributed by atoms with Crippen LogP contribution in [0, 0.1) is 6.92 Å². The molecule has 2 aromatic carbocycles. The Balaban J connectivity index is 1.16. The number of nitrogens with zero attached hydrogens (tertiary/aromatic N) is 4. The van der Waals surface area contributed by atoms with Crippen LogP contribution in [0.15, 0.2) is 66.2 Å². The molecule has 0 unspecified atom stereocenters. The number of carbonyl (C=O) groups excluding carboxylic acids is 3. The molecule has 0 atom stereocenters. The lowest BCUT2D eigenvalue weighted by Gasteiger charge is -2.31. The molecule has 194 valence electrons. The van der Waals surface area contributed by atoms with E-state index in [1.807, 2.05) is 42.2 Å². The summed E-state index contributed by atoms with van der Waals surface area (Å²) in [7, 11) is 0. The van der Waals surface area contributed by atoms with Gasteiger partial charge in [-0.2, -0.15) is 5.10 Å². The SMILES string of the molecule is Cc1c(C(=O)N2CCC(c3nc(C(=O)NNC(=O)c4ccccc4Cl)cs3)CC2)cnn1-c1ccccc1. The maximum Gasteiger partial charge on any atom is 0.289 e. The number of likely N-dealkylation sites (tertiary alicyclic amines) is 1. The number of benzene rings is 2. The van der Waals surface area contributed by atoms with Crippen LogP contribution in [0.5, 0.6) is 0 Å². The number of amides is 3. The summed E-state index contributed by atoms with van der Waals surface area (Å²) in [6, 6.07) is 16.3. The number of carbonyl (C=O) groups is 3. The molecule has 11 heteroatoms. The molecule has 0 aliphatic carbocycles. The van der Waals surface area contributed by atoms with Crippen LogP contribution in [0.3, 0.4) is 0 Å². The van der Waals surface area contributed by atoms with Crippen molar-refractivity contribution in [3.8, 4) is 5.69 Å². The highest BCUT2D eigenvalue weighted by Crippen LogP contribution is 2.31. The van der Waals surface area contributed by atoms with E-state index < -0.39 is 11.8 Å². The zero-order valence-corrected chi connectivity index (χ0v) is 22.1. The molecule has 2 aromatic heterocycles. The maximum absolute atomic E-state index is 13.2. The van der Waals surface area contributed by atoms with Gasteiger partial charge in [0, 0.05) is 24.4 Å². The van der Waals surface area contributed by atoms with Gasteiger partial charge in [-0.1, -0.05) is 41.9 Å². The predicted molar refractivity (Wildman–Crippen MR) is 145 cm³/mol. The van der Waals surface area contributed by atoms with Crippen molar-refractivity contribution in [1.29, 1.82) is 0 Å². The summed E-state index contributed by atoms with van der Waals surface area (Å²) in [6.45, 7) is 3.09. The summed E-state index contributed by atoms with van der Waals surface area (Å²) in [6.07, 6.45) is 3.12. The number of thiazole rings is 1. The number of nitrogens with one attached hydrogen (secondary N) is 2. The minimum atomic E-state index is -0.513. The van der Waals surface area contributed by atoms with Gasteiger partial charge in [0.1, 0.15) is 5.69 Å². The number of piperidine rings is 1. The lowest BCUT2D eigenvalue weighted by molar-refractivity contribution is 0.0712. The van der Waals surface area contributed by atoms with Crippen LogP contribution >= 0.6 is 22.9 Å². The van der Waals surface area contributed by atoms with Crippen molar-refractivity contribution in [1.82, 2.24) is 30.5 Å². The van der Waals surface area contributed by atoms with Crippen LogP contribution in [0.1, 0.15) is 60.7 Å². The molecule has 38 heavy (non-hydrogen) atoms. The van der Waals surface area contributed by atoms with Crippen LogP contribution < -0.4 is 10.9 Å². The van der Waals surface area contributed by atoms with E-state index in [4.69, 9.17) is 11.6 Å². The van der Waals surface area contributed by atoms with Crippen LogP contribution in [0.4, 0.5) is 0 Å². The van der Waals surface area contributed by atoms with Crippen molar-refractivity contribution in [3.63, 3.8) is 0 Å². The van der Waals surface area contributed by atoms with Gasteiger partial charge in [-0.15, -0.1) is 11.3 Å².